The normalized spacial score (nSPS) is 13.4. The number of furan rings is 1. The maximum atomic E-state index is 6.53. The fourth-order valence-corrected chi connectivity index (χ4v) is 11.6. The number of fused-ring (bicyclic) bond motifs is 7. The molecule has 0 saturated carbocycles. The number of para-hydroxylation sites is 2. The molecule has 11 aromatic carbocycles. The van der Waals surface area contributed by atoms with E-state index in [-0.39, 0.29) is 0 Å². The smallest absolute Gasteiger partial charge is 0.143 e. The van der Waals surface area contributed by atoms with Gasteiger partial charge >= 0.3 is 0 Å². The molecule has 2 aliphatic carbocycles. The maximum Gasteiger partial charge on any atom is 0.143 e. The molecular formula is C62H39NO. The standard InChI is InChI=1S/C62H39NO/c1-2-12-39(13-3-1)40-28-33-47(34-29-40)63(48-35-30-41(31-36-48)49-22-11-23-51-50-21-4-5-27-56(50)64-61(49)51)55-37-32-44-18-10-26-54-59(44)60(55)62(54)52-24-8-16-42-14-6-19-45(57(42)52)38-46-20-7-15-43-17-9-25-53(62)58(43)46/h1-37H,38H2. The molecule has 0 saturated heterocycles. The van der Waals surface area contributed by atoms with E-state index in [0.29, 0.717) is 0 Å². The zero-order valence-electron chi connectivity index (χ0n) is 34.9. The highest BCUT2D eigenvalue weighted by molar-refractivity contribution is 6.12. The average Bonchev–Trinajstić information content (AvgIpc) is 3.74. The molecule has 0 atom stereocenters. The minimum absolute atomic E-state index is 0.559. The van der Waals surface area contributed by atoms with Crippen molar-refractivity contribution in [3.05, 3.63) is 258 Å². The number of hydrogen-bond donors (Lipinski definition) is 0. The van der Waals surface area contributed by atoms with Gasteiger partial charge in [-0.25, -0.2) is 0 Å². The van der Waals surface area contributed by atoms with E-state index in [9.17, 15) is 0 Å². The summed E-state index contributed by atoms with van der Waals surface area (Å²) >= 11 is 0. The number of nitrogens with zero attached hydrogens (tertiary/aromatic N) is 1. The Kier molecular flexibility index (Phi) is 7.41. The summed E-state index contributed by atoms with van der Waals surface area (Å²) in [6, 6.07) is 83.1. The van der Waals surface area contributed by atoms with Crippen LogP contribution >= 0.6 is 0 Å². The Hall–Kier alpha value is -8.20. The van der Waals surface area contributed by atoms with Gasteiger partial charge in [0.1, 0.15) is 11.2 Å². The number of rotatable bonds is 5. The molecule has 298 valence electrons. The van der Waals surface area contributed by atoms with E-state index in [2.05, 4.69) is 223 Å². The van der Waals surface area contributed by atoms with Crippen molar-refractivity contribution in [2.75, 3.05) is 4.90 Å². The van der Waals surface area contributed by atoms with Crippen LogP contribution in [-0.2, 0) is 11.8 Å². The van der Waals surface area contributed by atoms with Gasteiger partial charge in [-0.2, -0.15) is 0 Å². The van der Waals surface area contributed by atoms with Crippen LogP contribution < -0.4 is 4.90 Å². The lowest BCUT2D eigenvalue weighted by Gasteiger charge is -2.49. The van der Waals surface area contributed by atoms with Gasteiger partial charge in [-0.05, 0) is 120 Å². The van der Waals surface area contributed by atoms with Crippen molar-refractivity contribution in [1.82, 2.24) is 0 Å². The van der Waals surface area contributed by atoms with Gasteiger partial charge in [0.05, 0.1) is 11.1 Å². The van der Waals surface area contributed by atoms with E-state index in [1.165, 1.54) is 82.5 Å². The summed E-state index contributed by atoms with van der Waals surface area (Å²) < 4.78 is 6.53. The van der Waals surface area contributed by atoms with E-state index in [1.807, 2.05) is 6.07 Å². The van der Waals surface area contributed by atoms with Gasteiger partial charge in [0.25, 0.3) is 0 Å². The Bertz CT molecular complexity index is 3760. The van der Waals surface area contributed by atoms with Crippen LogP contribution in [0.25, 0.3) is 76.5 Å². The van der Waals surface area contributed by atoms with E-state index in [4.69, 9.17) is 4.42 Å². The second-order valence-corrected chi connectivity index (χ2v) is 17.5. The first-order valence-corrected chi connectivity index (χ1v) is 22.3. The van der Waals surface area contributed by atoms with Crippen molar-refractivity contribution in [1.29, 1.82) is 0 Å². The maximum absolute atomic E-state index is 6.53. The molecule has 12 aromatic rings. The van der Waals surface area contributed by atoms with Crippen LogP contribution in [0.4, 0.5) is 17.1 Å². The Labute approximate surface area is 370 Å². The molecule has 1 spiro atoms. The molecule has 1 aromatic heterocycles. The van der Waals surface area contributed by atoms with Gasteiger partial charge in [0, 0.05) is 33.3 Å². The van der Waals surface area contributed by atoms with Crippen molar-refractivity contribution in [3.63, 3.8) is 0 Å². The molecular weight excluding hydrogens is 775 g/mol. The van der Waals surface area contributed by atoms with Gasteiger partial charge in [-0.1, -0.05) is 188 Å². The molecule has 2 aliphatic rings. The van der Waals surface area contributed by atoms with Crippen LogP contribution in [-0.4, -0.2) is 0 Å². The van der Waals surface area contributed by atoms with Crippen LogP contribution in [0, 0.1) is 0 Å². The number of anilines is 3. The second kappa shape index (κ2) is 13.4. The summed E-state index contributed by atoms with van der Waals surface area (Å²) in [5.41, 5.74) is 17.4. The predicted octanol–water partition coefficient (Wildman–Crippen LogP) is 16.4. The number of benzene rings is 11. The first kappa shape index (κ1) is 35.4. The second-order valence-electron chi connectivity index (χ2n) is 17.5. The lowest BCUT2D eigenvalue weighted by molar-refractivity contribution is 0.670. The zero-order valence-corrected chi connectivity index (χ0v) is 34.9. The van der Waals surface area contributed by atoms with Crippen molar-refractivity contribution < 1.29 is 4.42 Å². The summed E-state index contributed by atoms with van der Waals surface area (Å²) in [7, 11) is 0. The molecule has 2 heteroatoms. The zero-order chi connectivity index (χ0) is 41.9. The Morgan fingerprint density at radius 3 is 1.55 bits per heavy atom. The van der Waals surface area contributed by atoms with Crippen LogP contribution in [0.5, 0.6) is 0 Å². The van der Waals surface area contributed by atoms with Crippen molar-refractivity contribution in [2.24, 2.45) is 0 Å². The largest absolute Gasteiger partial charge is 0.455 e. The minimum Gasteiger partial charge on any atom is -0.455 e. The average molecular weight is 814 g/mol. The SMILES string of the molecule is c1ccc(-c2ccc(N(c3ccc(-c4cccc5c4oc4ccccc45)cc3)c3ccc4cccc5c4c3C53c4cccc5cccc(c45)Cc4cccc5cccc3c45)cc2)cc1. The fraction of sp³-hybridized carbons (Fsp3) is 0.0323. The third-order valence-corrected chi connectivity index (χ3v) is 14.3. The summed E-state index contributed by atoms with van der Waals surface area (Å²) in [6.07, 6.45) is 0.880. The van der Waals surface area contributed by atoms with Gasteiger partial charge < -0.3 is 9.32 Å². The molecule has 1 heterocycles. The molecule has 0 fully saturated rings. The molecule has 0 bridgehead atoms. The molecule has 0 aliphatic heterocycles. The summed E-state index contributed by atoms with van der Waals surface area (Å²) in [5, 5.41) is 10.1. The monoisotopic (exact) mass is 813 g/mol. The summed E-state index contributed by atoms with van der Waals surface area (Å²) in [4.78, 5) is 2.50. The molecule has 64 heavy (non-hydrogen) atoms. The first-order valence-electron chi connectivity index (χ1n) is 22.3. The molecule has 0 N–H and O–H groups in total. The molecule has 2 nitrogen and oxygen atoms in total. The predicted molar refractivity (Wildman–Crippen MR) is 266 cm³/mol. The van der Waals surface area contributed by atoms with E-state index in [0.717, 1.165) is 50.9 Å². The van der Waals surface area contributed by atoms with E-state index < -0.39 is 5.41 Å². The van der Waals surface area contributed by atoms with Gasteiger partial charge in [0.2, 0.25) is 0 Å². The lowest BCUT2D eigenvalue weighted by Crippen LogP contribution is -2.40. The lowest BCUT2D eigenvalue weighted by atomic mass is 9.53. The Balaban J connectivity index is 1.05. The van der Waals surface area contributed by atoms with Crippen LogP contribution in [0.15, 0.2) is 229 Å². The van der Waals surface area contributed by atoms with Gasteiger partial charge in [-0.3, -0.25) is 0 Å². The highest BCUT2D eigenvalue weighted by Crippen LogP contribution is 2.64. The Morgan fingerprint density at radius 2 is 0.891 bits per heavy atom. The third kappa shape index (κ3) is 4.85. The Morgan fingerprint density at radius 1 is 0.375 bits per heavy atom. The van der Waals surface area contributed by atoms with E-state index >= 15 is 0 Å². The third-order valence-electron chi connectivity index (χ3n) is 14.3. The quantitative estimate of drug-likeness (QED) is 0.172. The van der Waals surface area contributed by atoms with Crippen LogP contribution in [0.1, 0.15) is 33.4 Å². The van der Waals surface area contributed by atoms with Crippen molar-refractivity contribution in [3.8, 4) is 22.3 Å². The van der Waals surface area contributed by atoms with Gasteiger partial charge in [-0.15, -0.1) is 0 Å². The molecule has 0 unspecified atom stereocenters. The summed E-state index contributed by atoms with van der Waals surface area (Å²) in [6.45, 7) is 0. The topological polar surface area (TPSA) is 16.4 Å². The first-order chi connectivity index (χ1) is 31.7. The molecule has 14 rings (SSSR count). The summed E-state index contributed by atoms with van der Waals surface area (Å²) in [5.74, 6) is 0. The fourth-order valence-electron chi connectivity index (χ4n) is 11.6. The van der Waals surface area contributed by atoms with Crippen molar-refractivity contribution in [2.45, 2.75) is 11.8 Å². The highest BCUT2D eigenvalue weighted by atomic mass is 16.3. The molecule has 0 amide bonds. The van der Waals surface area contributed by atoms with Crippen molar-refractivity contribution >= 4 is 71.3 Å². The van der Waals surface area contributed by atoms with Gasteiger partial charge in [0.15, 0.2) is 0 Å². The number of hydrogen-bond acceptors (Lipinski definition) is 2. The van der Waals surface area contributed by atoms with Crippen LogP contribution in [0.3, 0.4) is 0 Å². The molecule has 0 radical (unpaired) electrons. The minimum atomic E-state index is -0.559. The van der Waals surface area contributed by atoms with Crippen LogP contribution in [0.2, 0.25) is 0 Å². The van der Waals surface area contributed by atoms with E-state index in [1.54, 1.807) is 0 Å². The highest BCUT2D eigenvalue weighted by Gasteiger charge is 2.52.